The highest BCUT2D eigenvalue weighted by Gasteiger charge is 2.18. The van der Waals surface area contributed by atoms with Crippen LogP contribution in [0.15, 0.2) is 33.6 Å². The Bertz CT molecular complexity index is 542. The molecule has 1 heterocycles. The summed E-state index contributed by atoms with van der Waals surface area (Å²) in [5, 5.41) is 0. The first-order chi connectivity index (χ1) is 9.47. The van der Waals surface area contributed by atoms with Crippen LogP contribution in [0.5, 0.6) is 0 Å². The summed E-state index contributed by atoms with van der Waals surface area (Å²) in [5.74, 6) is 0.315. The van der Waals surface area contributed by atoms with Gasteiger partial charge in [-0.05, 0) is 50.0 Å². The zero-order chi connectivity index (χ0) is 14.6. The molecule has 0 radical (unpaired) electrons. The molecule has 0 spiro atoms. The van der Waals surface area contributed by atoms with Crippen molar-refractivity contribution in [3.8, 4) is 0 Å². The lowest BCUT2D eigenvalue weighted by Gasteiger charge is -2.20. The van der Waals surface area contributed by atoms with Crippen LogP contribution in [0.1, 0.15) is 19.8 Å². The zero-order valence-electron chi connectivity index (χ0n) is 11.7. The minimum absolute atomic E-state index is 0.306. The first kappa shape index (κ1) is 15.9. The standard InChI is InChI=1S/C14H21BrN2O2S/c1-12(11-17-7-2-3-8-17)10-16-20(18,19)14-6-4-5-13(15)9-14/h4-6,9,12,16H,2-3,7-8,10-11H2,1H3. The Kier molecular flexibility index (Phi) is 5.60. The second kappa shape index (κ2) is 7.02. The molecule has 1 aliphatic rings. The van der Waals surface area contributed by atoms with E-state index in [0.29, 0.717) is 17.4 Å². The minimum Gasteiger partial charge on any atom is -0.303 e. The molecular formula is C14H21BrN2O2S. The molecule has 1 N–H and O–H groups in total. The van der Waals surface area contributed by atoms with Crippen LogP contribution in [0.2, 0.25) is 0 Å². The van der Waals surface area contributed by atoms with E-state index in [1.807, 2.05) is 6.07 Å². The Labute approximate surface area is 129 Å². The second-order valence-corrected chi connectivity index (χ2v) is 8.10. The molecular weight excluding hydrogens is 340 g/mol. The van der Waals surface area contributed by atoms with Gasteiger partial charge in [0.25, 0.3) is 0 Å². The molecule has 0 bridgehead atoms. The van der Waals surface area contributed by atoms with Gasteiger partial charge in [0, 0.05) is 17.6 Å². The van der Waals surface area contributed by atoms with E-state index in [9.17, 15) is 8.42 Å². The van der Waals surface area contributed by atoms with Crippen LogP contribution in [-0.2, 0) is 10.0 Å². The van der Waals surface area contributed by atoms with Gasteiger partial charge in [0.15, 0.2) is 0 Å². The van der Waals surface area contributed by atoms with Crippen LogP contribution in [-0.4, -0.2) is 39.5 Å². The monoisotopic (exact) mass is 360 g/mol. The van der Waals surface area contributed by atoms with E-state index in [1.54, 1.807) is 18.2 Å². The number of likely N-dealkylation sites (tertiary alicyclic amines) is 1. The number of nitrogens with zero attached hydrogens (tertiary/aromatic N) is 1. The summed E-state index contributed by atoms with van der Waals surface area (Å²) in [4.78, 5) is 2.71. The van der Waals surface area contributed by atoms with Crippen molar-refractivity contribution in [2.24, 2.45) is 5.92 Å². The molecule has 0 aliphatic carbocycles. The predicted octanol–water partition coefficient (Wildman–Crippen LogP) is 2.46. The second-order valence-electron chi connectivity index (χ2n) is 5.42. The van der Waals surface area contributed by atoms with E-state index in [0.717, 1.165) is 24.1 Å². The van der Waals surface area contributed by atoms with Crippen molar-refractivity contribution in [1.82, 2.24) is 9.62 Å². The molecule has 1 aromatic rings. The first-order valence-electron chi connectivity index (χ1n) is 6.95. The number of hydrogen-bond donors (Lipinski definition) is 1. The molecule has 1 saturated heterocycles. The highest BCUT2D eigenvalue weighted by atomic mass is 79.9. The predicted molar refractivity (Wildman–Crippen MR) is 84.2 cm³/mol. The first-order valence-corrected chi connectivity index (χ1v) is 9.22. The van der Waals surface area contributed by atoms with Gasteiger partial charge in [0.2, 0.25) is 10.0 Å². The molecule has 1 aromatic carbocycles. The Morgan fingerprint density at radius 1 is 1.35 bits per heavy atom. The molecule has 0 amide bonds. The summed E-state index contributed by atoms with van der Waals surface area (Å²) < 4.78 is 27.8. The molecule has 112 valence electrons. The maximum atomic E-state index is 12.2. The topological polar surface area (TPSA) is 49.4 Å². The molecule has 20 heavy (non-hydrogen) atoms. The van der Waals surface area contributed by atoms with Crippen LogP contribution < -0.4 is 4.72 Å². The fourth-order valence-corrected chi connectivity index (χ4v) is 4.20. The number of benzene rings is 1. The molecule has 2 rings (SSSR count). The molecule has 1 atom stereocenters. The van der Waals surface area contributed by atoms with Gasteiger partial charge in [-0.3, -0.25) is 0 Å². The largest absolute Gasteiger partial charge is 0.303 e. The lowest BCUT2D eigenvalue weighted by Crippen LogP contribution is -2.34. The van der Waals surface area contributed by atoms with Gasteiger partial charge in [-0.25, -0.2) is 13.1 Å². The van der Waals surface area contributed by atoms with Gasteiger partial charge < -0.3 is 4.90 Å². The summed E-state index contributed by atoms with van der Waals surface area (Å²) in [6.07, 6.45) is 2.52. The quantitative estimate of drug-likeness (QED) is 0.847. The van der Waals surface area contributed by atoms with Crippen molar-refractivity contribution >= 4 is 26.0 Å². The smallest absolute Gasteiger partial charge is 0.240 e. The van der Waals surface area contributed by atoms with Gasteiger partial charge in [-0.1, -0.05) is 28.9 Å². The van der Waals surface area contributed by atoms with Crippen LogP contribution in [0.25, 0.3) is 0 Å². The fourth-order valence-electron chi connectivity index (χ4n) is 2.44. The SMILES string of the molecule is CC(CNS(=O)(=O)c1cccc(Br)c1)CN1CCCC1. The molecule has 1 unspecified atom stereocenters. The van der Waals surface area contributed by atoms with Crippen LogP contribution in [0.4, 0.5) is 0 Å². The van der Waals surface area contributed by atoms with E-state index >= 15 is 0 Å². The third kappa shape index (κ3) is 4.55. The molecule has 4 nitrogen and oxygen atoms in total. The highest BCUT2D eigenvalue weighted by molar-refractivity contribution is 9.10. The highest BCUT2D eigenvalue weighted by Crippen LogP contribution is 2.16. The number of rotatable bonds is 6. The number of hydrogen-bond acceptors (Lipinski definition) is 3. The third-order valence-electron chi connectivity index (χ3n) is 3.50. The van der Waals surface area contributed by atoms with Gasteiger partial charge in [0.1, 0.15) is 0 Å². The van der Waals surface area contributed by atoms with Gasteiger partial charge in [0.05, 0.1) is 4.90 Å². The number of sulfonamides is 1. The number of nitrogens with one attached hydrogen (secondary N) is 1. The summed E-state index contributed by atoms with van der Waals surface area (Å²) in [5.41, 5.74) is 0. The van der Waals surface area contributed by atoms with Gasteiger partial charge in [-0.15, -0.1) is 0 Å². The van der Waals surface area contributed by atoms with Crippen molar-refractivity contribution < 1.29 is 8.42 Å². The van der Waals surface area contributed by atoms with Gasteiger partial charge >= 0.3 is 0 Å². The maximum absolute atomic E-state index is 12.2. The fraction of sp³-hybridized carbons (Fsp3) is 0.571. The van der Waals surface area contributed by atoms with E-state index < -0.39 is 10.0 Å². The van der Waals surface area contributed by atoms with Crippen molar-refractivity contribution in [3.05, 3.63) is 28.7 Å². The Morgan fingerprint density at radius 3 is 2.70 bits per heavy atom. The minimum atomic E-state index is -3.41. The summed E-state index contributed by atoms with van der Waals surface area (Å²) >= 11 is 3.29. The van der Waals surface area contributed by atoms with Crippen LogP contribution >= 0.6 is 15.9 Å². The van der Waals surface area contributed by atoms with Crippen molar-refractivity contribution in [3.63, 3.8) is 0 Å². The van der Waals surface area contributed by atoms with Crippen molar-refractivity contribution in [2.75, 3.05) is 26.2 Å². The summed E-state index contributed by atoms with van der Waals surface area (Å²) in [6.45, 7) is 5.81. The normalized spacial score (nSPS) is 18.3. The Balaban J connectivity index is 1.88. The Hall–Kier alpha value is -0.430. The lowest BCUT2D eigenvalue weighted by molar-refractivity contribution is 0.288. The zero-order valence-corrected chi connectivity index (χ0v) is 14.1. The number of halogens is 1. The van der Waals surface area contributed by atoms with Gasteiger partial charge in [-0.2, -0.15) is 0 Å². The van der Waals surface area contributed by atoms with E-state index in [-0.39, 0.29) is 0 Å². The average molecular weight is 361 g/mol. The molecule has 1 aliphatic heterocycles. The molecule has 0 aromatic heterocycles. The van der Waals surface area contributed by atoms with E-state index in [1.165, 1.54) is 12.8 Å². The summed E-state index contributed by atoms with van der Waals surface area (Å²) in [6, 6.07) is 6.77. The average Bonchev–Trinajstić information content (AvgIpc) is 2.89. The molecule has 0 saturated carbocycles. The Morgan fingerprint density at radius 2 is 2.05 bits per heavy atom. The van der Waals surface area contributed by atoms with E-state index in [4.69, 9.17) is 0 Å². The van der Waals surface area contributed by atoms with E-state index in [2.05, 4.69) is 32.5 Å². The van der Waals surface area contributed by atoms with Crippen molar-refractivity contribution in [1.29, 1.82) is 0 Å². The molecule has 6 heteroatoms. The van der Waals surface area contributed by atoms with Crippen molar-refractivity contribution in [2.45, 2.75) is 24.7 Å². The summed E-state index contributed by atoms with van der Waals surface area (Å²) in [7, 11) is -3.41. The van der Waals surface area contributed by atoms with Crippen LogP contribution in [0.3, 0.4) is 0 Å². The molecule has 1 fully saturated rings. The lowest BCUT2D eigenvalue weighted by atomic mass is 10.2. The van der Waals surface area contributed by atoms with Crippen LogP contribution in [0, 0.1) is 5.92 Å². The maximum Gasteiger partial charge on any atom is 0.240 e. The third-order valence-corrected chi connectivity index (χ3v) is 5.41.